The zero-order valence-electron chi connectivity index (χ0n) is 12.1. The first-order chi connectivity index (χ1) is 7.93. The highest BCUT2D eigenvalue weighted by Gasteiger charge is 1.85. The molecule has 0 aliphatic rings. The summed E-state index contributed by atoms with van der Waals surface area (Å²) in [7, 11) is 0. The van der Waals surface area contributed by atoms with Gasteiger partial charge in [-0.25, -0.2) is 0 Å². The average molecular weight is 222 g/mol. The lowest BCUT2D eigenvalue weighted by atomic mass is 10.1. The molecule has 0 aliphatic heterocycles. The Morgan fingerprint density at radius 1 is 0.875 bits per heavy atom. The molecule has 16 heavy (non-hydrogen) atoms. The van der Waals surface area contributed by atoms with Gasteiger partial charge < -0.3 is 0 Å². The largest absolute Gasteiger partial charge is 0.103 e. The van der Waals surface area contributed by atoms with Crippen LogP contribution in [0.25, 0.3) is 0 Å². The van der Waals surface area contributed by atoms with E-state index >= 15 is 0 Å². The van der Waals surface area contributed by atoms with Crippen LogP contribution in [0.15, 0.2) is 43.0 Å². The zero-order valence-corrected chi connectivity index (χ0v) is 12.1. The summed E-state index contributed by atoms with van der Waals surface area (Å²) in [5, 5.41) is 0. The molecular formula is C16H30. The van der Waals surface area contributed by atoms with Gasteiger partial charge in [-0.05, 0) is 18.4 Å². The Bertz CT molecular complexity index is 186. The Kier molecular flexibility index (Phi) is 30.1. The van der Waals surface area contributed by atoms with Crippen LogP contribution in [0.3, 0.4) is 0 Å². The maximum Gasteiger partial charge on any atom is -0.0244 e. The fraction of sp³-hybridized carbons (Fsp3) is 0.500. The van der Waals surface area contributed by atoms with Crippen molar-refractivity contribution in [2.45, 2.75) is 54.4 Å². The fourth-order valence-corrected chi connectivity index (χ4v) is 0.913. The fourth-order valence-electron chi connectivity index (χ4n) is 0.913. The molecule has 0 nitrogen and oxygen atoms in total. The van der Waals surface area contributed by atoms with Gasteiger partial charge in [0.2, 0.25) is 0 Å². The van der Waals surface area contributed by atoms with Crippen LogP contribution in [0, 0.1) is 0 Å². The summed E-state index contributed by atoms with van der Waals surface area (Å²) >= 11 is 0. The average Bonchev–Trinajstić information content (AvgIpc) is 2.44. The molecule has 0 bridgehead atoms. The highest BCUT2D eigenvalue weighted by molar-refractivity contribution is 5.14. The SMILES string of the molecule is C=CCCc1ccccc1.CC.CC.CC. The second kappa shape index (κ2) is 23.6. The van der Waals surface area contributed by atoms with E-state index in [1.54, 1.807) is 0 Å². The molecular weight excluding hydrogens is 192 g/mol. The highest BCUT2D eigenvalue weighted by Crippen LogP contribution is 2.01. The lowest BCUT2D eigenvalue weighted by Crippen LogP contribution is -1.79. The van der Waals surface area contributed by atoms with Crippen LogP contribution in [0.2, 0.25) is 0 Å². The van der Waals surface area contributed by atoms with Gasteiger partial charge in [-0.1, -0.05) is 78.0 Å². The second-order valence-corrected chi connectivity index (χ2v) is 2.31. The Morgan fingerprint density at radius 3 is 1.69 bits per heavy atom. The van der Waals surface area contributed by atoms with Crippen LogP contribution in [0.5, 0.6) is 0 Å². The number of benzene rings is 1. The van der Waals surface area contributed by atoms with Gasteiger partial charge in [0.25, 0.3) is 0 Å². The van der Waals surface area contributed by atoms with Gasteiger partial charge in [-0.15, -0.1) is 6.58 Å². The smallest absolute Gasteiger partial charge is 0.0244 e. The lowest BCUT2D eigenvalue weighted by molar-refractivity contribution is 1.00. The van der Waals surface area contributed by atoms with Crippen molar-refractivity contribution in [1.82, 2.24) is 0 Å². The number of aryl methyl sites for hydroxylation is 1. The lowest BCUT2D eigenvalue weighted by Gasteiger charge is -1.94. The van der Waals surface area contributed by atoms with E-state index in [2.05, 4.69) is 30.8 Å². The molecule has 0 heterocycles. The second-order valence-electron chi connectivity index (χ2n) is 2.31. The zero-order chi connectivity index (χ0) is 13.2. The predicted molar refractivity (Wildman–Crippen MR) is 79.0 cm³/mol. The molecule has 94 valence electrons. The van der Waals surface area contributed by atoms with Crippen LogP contribution >= 0.6 is 0 Å². The number of hydrogen-bond donors (Lipinski definition) is 0. The monoisotopic (exact) mass is 222 g/mol. The third-order valence-electron chi connectivity index (χ3n) is 1.48. The Labute approximate surface area is 103 Å². The normalized spacial score (nSPS) is 6.88. The minimum Gasteiger partial charge on any atom is -0.103 e. The molecule has 0 unspecified atom stereocenters. The Morgan fingerprint density at radius 2 is 1.31 bits per heavy atom. The summed E-state index contributed by atoms with van der Waals surface area (Å²) in [4.78, 5) is 0. The van der Waals surface area contributed by atoms with Crippen molar-refractivity contribution >= 4 is 0 Å². The first-order valence-corrected chi connectivity index (χ1v) is 6.58. The van der Waals surface area contributed by atoms with Crippen LogP contribution < -0.4 is 0 Å². The third-order valence-corrected chi connectivity index (χ3v) is 1.48. The minimum absolute atomic E-state index is 1.07. The van der Waals surface area contributed by atoms with E-state index in [1.807, 2.05) is 53.7 Å². The predicted octanol–water partition coefficient (Wildman–Crippen LogP) is 5.88. The maximum absolute atomic E-state index is 3.68. The highest BCUT2D eigenvalue weighted by atomic mass is 13.9. The van der Waals surface area contributed by atoms with Crippen LogP contribution in [-0.2, 0) is 6.42 Å². The summed E-state index contributed by atoms with van der Waals surface area (Å²) < 4.78 is 0. The van der Waals surface area contributed by atoms with Crippen molar-refractivity contribution in [3.63, 3.8) is 0 Å². The van der Waals surface area contributed by atoms with Crippen molar-refractivity contribution in [3.8, 4) is 0 Å². The minimum atomic E-state index is 1.07. The van der Waals surface area contributed by atoms with Gasteiger partial charge in [0.05, 0.1) is 0 Å². The quantitative estimate of drug-likeness (QED) is 0.560. The van der Waals surface area contributed by atoms with E-state index in [0.717, 1.165) is 12.8 Å². The molecule has 1 aromatic carbocycles. The summed E-state index contributed by atoms with van der Waals surface area (Å²) in [6, 6.07) is 10.5. The van der Waals surface area contributed by atoms with E-state index in [9.17, 15) is 0 Å². The first-order valence-electron chi connectivity index (χ1n) is 6.58. The van der Waals surface area contributed by atoms with Gasteiger partial charge in [0.1, 0.15) is 0 Å². The van der Waals surface area contributed by atoms with E-state index in [4.69, 9.17) is 0 Å². The third kappa shape index (κ3) is 15.4. The van der Waals surface area contributed by atoms with Crippen LogP contribution in [0.4, 0.5) is 0 Å². The summed E-state index contributed by atoms with van der Waals surface area (Å²) in [5.74, 6) is 0. The molecule has 0 radical (unpaired) electrons. The van der Waals surface area contributed by atoms with Crippen molar-refractivity contribution < 1.29 is 0 Å². The van der Waals surface area contributed by atoms with Crippen molar-refractivity contribution in [2.24, 2.45) is 0 Å². The van der Waals surface area contributed by atoms with E-state index in [0.29, 0.717) is 0 Å². The van der Waals surface area contributed by atoms with Gasteiger partial charge in [0.15, 0.2) is 0 Å². The number of allylic oxidation sites excluding steroid dienone is 1. The van der Waals surface area contributed by atoms with E-state index in [1.165, 1.54) is 5.56 Å². The molecule has 0 fully saturated rings. The van der Waals surface area contributed by atoms with Crippen LogP contribution in [0.1, 0.15) is 53.5 Å². The van der Waals surface area contributed by atoms with E-state index in [-0.39, 0.29) is 0 Å². The Balaban J connectivity index is -0.000000245. The molecule has 0 N–H and O–H groups in total. The number of hydrogen-bond acceptors (Lipinski definition) is 0. The molecule has 0 amide bonds. The molecule has 0 spiro atoms. The van der Waals surface area contributed by atoms with Gasteiger partial charge in [-0.2, -0.15) is 0 Å². The maximum atomic E-state index is 3.68. The molecule has 1 aromatic rings. The molecule has 0 saturated carbocycles. The van der Waals surface area contributed by atoms with Crippen molar-refractivity contribution in [3.05, 3.63) is 48.6 Å². The molecule has 0 aliphatic carbocycles. The summed E-state index contributed by atoms with van der Waals surface area (Å²) in [6.07, 6.45) is 4.14. The summed E-state index contributed by atoms with van der Waals surface area (Å²) in [6.45, 7) is 15.7. The van der Waals surface area contributed by atoms with Crippen molar-refractivity contribution in [1.29, 1.82) is 0 Å². The number of rotatable bonds is 3. The van der Waals surface area contributed by atoms with E-state index < -0.39 is 0 Å². The molecule has 0 atom stereocenters. The van der Waals surface area contributed by atoms with Crippen molar-refractivity contribution in [2.75, 3.05) is 0 Å². The molecule has 0 saturated heterocycles. The van der Waals surface area contributed by atoms with Gasteiger partial charge >= 0.3 is 0 Å². The Hall–Kier alpha value is -1.04. The topological polar surface area (TPSA) is 0 Å². The summed E-state index contributed by atoms with van der Waals surface area (Å²) in [5.41, 5.74) is 1.39. The van der Waals surface area contributed by atoms with Crippen LogP contribution in [-0.4, -0.2) is 0 Å². The van der Waals surface area contributed by atoms with Gasteiger partial charge in [0, 0.05) is 0 Å². The van der Waals surface area contributed by atoms with Gasteiger partial charge in [-0.3, -0.25) is 0 Å². The first kappa shape index (κ1) is 20.4. The molecule has 1 rings (SSSR count). The standard InChI is InChI=1S/C10H12.3C2H6/c1-2-3-7-10-8-5-4-6-9-10;3*1-2/h2,4-6,8-9H,1,3,7H2;3*1-2H3. The molecule has 0 aromatic heterocycles. The molecule has 0 heteroatoms.